The zero-order valence-corrected chi connectivity index (χ0v) is 12.2. The fourth-order valence-electron chi connectivity index (χ4n) is 1.82. The minimum absolute atomic E-state index is 0. The summed E-state index contributed by atoms with van der Waals surface area (Å²) in [5.41, 5.74) is 7.09. The van der Waals surface area contributed by atoms with Crippen LogP contribution in [-0.2, 0) is 6.42 Å². The minimum atomic E-state index is -0.268. The molecule has 108 valence electrons. The molecular weight excluding hydrogens is 277 g/mol. The Morgan fingerprint density at radius 1 is 1.10 bits per heavy atom. The lowest BCUT2D eigenvalue weighted by Gasteiger charge is -2.10. The minimum Gasteiger partial charge on any atom is -0.457 e. The first-order valence-electron chi connectivity index (χ1n) is 6.45. The second kappa shape index (κ2) is 7.88. The highest BCUT2D eigenvalue weighted by Crippen LogP contribution is 2.22. The van der Waals surface area contributed by atoms with E-state index in [-0.39, 0.29) is 24.3 Å². The smallest absolute Gasteiger partial charge is 0.127 e. The Morgan fingerprint density at radius 3 is 2.45 bits per heavy atom. The Kier molecular flexibility index (Phi) is 6.49. The van der Waals surface area contributed by atoms with E-state index in [1.165, 1.54) is 12.1 Å². The molecule has 0 saturated heterocycles. The van der Waals surface area contributed by atoms with Gasteiger partial charge in [0, 0.05) is 6.04 Å². The van der Waals surface area contributed by atoms with Crippen molar-refractivity contribution in [2.75, 3.05) is 0 Å². The van der Waals surface area contributed by atoms with Gasteiger partial charge in [-0.2, -0.15) is 0 Å². The van der Waals surface area contributed by atoms with E-state index in [0.717, 1.165) is 24.2 Å². The van der Waals surface area contributed by atoms with Crippen LogP contribution in [0.3, 0.4) is 0 Å². The van der Waals surface area contributed by atoms with E-state index in [1.54, 1.807) is 12.1 Å². The molecule has 0 spiro atoms. The van der Waals surface area contributed by atoms with E-state index in [9.17, 15) is 4.39 Å². The van der Waals surface area contributed by atoms with Crippen molar-refractivity contribution >= 4 is 12.4 Å². The molecular formula is C16H19ClFNO. The van der Waals surface area contributed by atoms with Crippen LogP contribution >= 0.6 is 12.4 Å². The maximum absolute atomic E-state index is 12.8. The van der Waals surface area contributed by atoms with Crippen molar-refractivity contribution in [3.05, 3.63) is 59.9 Å². The van der Waals surface area contributed by atoms with E-state index in [1.807, 2.05) is 24.3 Å². The number of hydrogen-bond acceptors (Lipinski definition) is 2. The predicted octanol–water partition coefficient (Wildman–Crippen LogP) is 4.32. The molecule has 2 nitrogen and oxygen atoms in total. The van der Waals surface area contributed by atoms with Gasteiger partial charge < -0.3 is 10.5 Å². The van der Waals surface area contributed by atoms with Gasteiger partial charge in [0.1, 0.15) is 17.3 Å². The summed E-state index contributed by atoms with van der Waals surface area (Å²) >= 11 is 0. The van der Waals surface area contributed by atoms with Gasteiger partial charge in [0.25, 0.3) is 0 Å². The molecule has 4 heteroatoms. The van der Waals surface area contributed by atoms with Gasteiger partial charge >= 0.3 is 0 Å². The molecule has 0 bridgehead atoms. The molecule has 2 rings (SSSR count). The summed E-state index contributed by atoms with van der Waals surface area (Å²) in [4.78, 5) is 0. The zero-order valence-electron chi connectivity index (χ0n) is 11.4. The molecule has 1 atom stereocenters. The average Bonchev–Trinajstić information content (AvgIpc) is 2.42. The summed E-state index contributed by atoms with van der Waals surface area (Å²) in [7, 11) is 0. The third-order valence-corrected chi connectivity index (χ3v) is 2.97. The van der Waals surface area contributed by atoms with Gasteiger partial charge in [-0.25, -0.2) is 4.39 Å². The fourth-order valence-corrected chi connectivity index (χ4v) is 1.82. The van der Waals surface area contributed by atoms with Crippen molar-refractivity contribution in [3.63, 3.8) is 0 Å². The number of rotatable bonds is 5. The van der Waals surface area contributed by atoms with E-state index in [0.29, 0.717) is 5.75 Å². The second-order valence-electron chi connectivity index (χ2n) is 4.58. The quantitative estimate of drug-likeness (QED) is 0.891. The normalized spacial score (nSPS) is 11.6. The maximum atomic E-state index is 12.8. The standard InChI is InChI=1S/C16H18FNO.ClH/c1-2-14(18)10-12-4-3-5-16(11-12)19-15-8-6-13(17)7-9-15;/h3-9,11,14H,2,10,18H2,1H3;1H. The number of hydrogen-bond donors (Lipinski definition) is 1. The van der Waals surface area contributed by atoms with Gasteiger partial charge in [0.2, 0.25) is 0 Å². The van der Waals surface area contributed by atoms with Crippen LogP contribution in [0.25, 0.3) is 0 Å². The molecule has 0 aliphatic heterocycles. The molecule has 0 aromatic heterocycles. The lowest BCUT2D eigenvalue weighted by Crippen LogP contribution is -2.21. The van der Waals surface area contributed by atoms with E-state index >= 15 is 0 Å². The van der Waals surface area contributed by atoms with Crippen LogP contribution in [0, 0.1) is 5.82 Å². The molecule has 2 aromatic rings. The second-order valence-corrected chi connectivity index (χ2v) is 4.58. The Hall–Kier alpha value is -1.58. The molecule has 0 radical (unpaired) electrons. The molecule has 20 heavy (non-hydrogen) atoms. The summed E-state index contributed by atoms with van der Waals surface area (Å²) < 4.78 is 18.5. The van der Waals surface area contributed by atoms with Gasteiger partial charge in [-0.3, -0.25) is 0 Å². The molecule has 0 aliphatic rings. The van der Waals surface area contributed by atoms with Crippen LogP contribution in [0.4, 0.5) is 4.39 Å². The number of halogens is 2. The summed E-state index contributed by atoms with van der Waals surface area (Å²) in [5.74, 6) is 1.10. The summed E-state index contributed by atoms with van der Waals surface area (Å²) in [6, 6.07) is 14.0. The van der Waals surface area contributed by atoms with Crippen molar-refractivity contribution in [2.24, 2.45) is 5.73 Å². The molecule has 1 unspecified atom stereocenters. The predicted molar refractivity (Wildman–Crippen MR) is 82.1 cm³/mol. The van der Waals surface area contributed by atoms with Gasteiger partial charge in [0.05, 0.1) is 0 Å². The molecule has 0 aliphatic carbocycles. The lowest BCUT2D eigenvalue weighted by molar-refractivity contribution is 0.479. The molecule has 2 aromatic carbocycles. The summed E-state index contributed by atoms with van der Waals surface area (Å²) in [5, 5.41) is 0. The average molecular weight is 296 g/mol. The first-order chi connectivity index (χ1) is 9.17. The SMILES string of the molecule is CCC(N)Cc1cccc(Oc2ccc(F)cc2)c1.Cl. The molecule has 0 amide bonds. The van der Waals surface area contributed by atoms with Crippen molar-refractivity contribution in [1.29, 1.82) is 0 Å². The lowest BCUT2D eigenvalue weighted by atomic mass is 10.0. The Balaban J connectivity index is 0.00000200. The van der Waals surface area contributed by atoms with Crippen LogP contribution in [0.2, 0.25) is 0 Å². The van der Waals surface area contributed by atoms with E-state index in [2.05, 4.69) is 6.92 Å². The van der Waals surface area contributed by atoms with Crippen molar-refractivity contribution < 1.29 is 9.13 Å². The summed E-state index contributed by atoms with van der Waals surface area (Å²) in [6.07, 6.45) is 1.78. The van der Waals surface area contributed by atoms with E-state index < -0.39 is 0 Å². The topological polar surface area (TPSA) is 35.2 Å². The Bertz CT molecular complexity index is 530. The van der Waals surface area contributed by atoms with Gasteiger partial charge in [-0.05, 0) is 54.8 Å². The largest absolute Gasteiger partial charge is 0.457 e. The van der Waals surface area contributed by atoms with Crippen molar-refractivity contribution in [1.82, 2.24) is 0 Å². The highest BCUT2D eigenvalue weighted by molar-refractivity contribution is 5.85. The highest BCUT2D eigenvalue weighted by atomic mass is 35.5. The molecule has 0 saturated carbocycles. The Morgan fingerprint density at radius 2 is 1.80 bits per heavy atom. The van der Waals surface area contributed by atoms with E-state index in [4.69, 9.17) is 10.5 Å². The van der Waals surface area contributed by atoms with Crippen LogP contribution in [-0.4, -0.2) is 6.04 Å². The monoisotopic (exact) mass is 295 g/mol. The first-order valence-corrected chi connectivity index (χ1v) is 6.45. The van der Waals surface area contributed by atoms with Crippen molar-refractivity contribution in [3.8, 4) is 11.5 Å². The highest BCUT2D eigenvalue weighted by Gasteiger charge is 2.03. The van der Waals surface area contributed by atoms with Crippen molar-refractivity contribution in [2.45, 2.75) is 25.8 Å². The number of nitrogens with two attached hydrogens (primary N) is 1. The maximum Gasteiger partial charge on any atom is 0.127 e. The van der Waals surface area contributed by atoms with Crippen LogP contribution < -0.4 is 10.5 Å². The summed E-state index contributed by atoms with van der Waals surface area (Å²) in [6.45, 7) is 2.07. The number of benzene rings is 2. The van der Waals surface area contributed by atoms with Crippen LogP contribution in [0.5, 0.6) is 11.5 Å². The molecule has 0 heterocycles. The molecule has 0 fully saturated rings. The zero-order chi connectivity index (χ0) is 13.7. The van der Waals surface area contributed by atoms with Gasteiger partial charge in [-0.1, -0.05) is 19.1 Å². The number of ether oxygens (including phenoxy) is 1. The van der Waals surface area contributed by atoms with Crippen LogP contribution in [0.15, 0.2) is 48.5 Å². The van der Waals surface area contributed by atoms with Crippen LogP contribution in [0.1, 0.15) is 18.9 Å². The Labute approximate surface area is 125 Å². The van der Waals surface area contributed by atoms with Gasteiger partial charge in [-0.15, -0.1) is 12.4 Å². The van der Waals surface area contributed by atoms with Gasteiger partial charge in [0.15, 0.2) is 0 Å². The fraction of sp³-hybridized carbons (Fsp3) is 0.250. The first kappa shape index (κ1) is 16.5. The molecule has 2 N–H and O–H groups in total. The third kappa shape index (κ3) is 4.83. The third-order valence-electron chi connectivity index (χ3n) is 2.97.